The number of furan rings is 1. The van der Waals surface area contributed by atoms with Crippen LogP contribution in [-0.2, 0) is 13.1 Å². The Morgan fingerprint density at radius 2 is 2.28 bits per heavy atom. The fraction of sp³-hybridized carbons (Fsp3) is 0.733. The average molecular weight is 250 g/mol. The molecule has 1 saturated heterocycles. The first kappa shape index (κ1) is 13.6. The lowest BCUT2D eigenvalue weighted by Crippen LogP contribution is -2.36. The largest absolute Gasteiger partial charge is 0.468 e. The summed E-state index contributed by atoms with van der Waals surface area (Å²) in [7, 11) is 0. The van der Waals surface area contributed by atoms with Gasteiger partial charge in [0.25, 0.3) is 0 Å². The molecule has 1 aliphatic heterocycles. The van der Waals surface area contributed by atoms with Gasteiger partial charge in [-0.1, -0.05) is 20.3 Å². The van der Waals surface area contributed by atoms with Gasteiger partial charge in [0.15, 0.2) is 0 Å². The van der Waals surface area contributed by atoms with Crippen molar-refractivity contribution in [2.24, 2.45) is 0 Å². The number of piperidine rings is 1. The van der Waals surface area contributed by atoms with Gasteiger partial charge in [0.1, 0.15) is 5.76 Å². The van der Waals surface area contributed by atoms with E-state index >= 15 is 0 Å². The molecule has 1 unspecified atom stereocenters. The number of hydrogen-bond acceptors (Lipinski definition) is 3. The Kier molecular flexibility index (Phi) is 4.84. The monoisotopic (exact) mass is 250 g/mol. The van der Waals surface area contributed by atoms with E-state index < -0.39 is 0 Å². The highest BCUT2D eigenvalue weighted by molar-refractivity contribution is 5.12. The van der Waals surface area contributed by atoms with Crippen molar-refractivity contribution in [3.05, 3.63) is 23.7 Å². The van der Waals surface area contributed by atoms with Crippen LogP contribution in [-0.4, -0.2) is 23.5 Å². The number of hydrogen-bond donors (Lipinski definition) is 1. The van der Waals surface area contributed by atoms with Crippen LogP contribution < -0.4 is 5.32 Å². The Hall–Kier alpha value is -0.800. The van der Waals surface area contributed by atoms with Crippen LogP contribution in [0.5, 0.6) is 0 Å². The Morgan fingerprint density at radius 3 is 3.00 bits per heavy atom. The molecule has 1 N–H and O–H groups in total. The van der Waals surface area contributed by atoms with E-state index in [-0.39, 0.29) is 0 Å². The lowest BCUT2D eigenvalue weighted by molar-refractivity contribution is 0.142. The molecular formula is C15H26N2O. The third kappa shape index (κ3) is 3.85. The Balaban J connectivity index is 1.85. The van der Waals surface area contributed by atoms with Gasteiger partial charge in [-0.3, -0.25) is 4.90 Å². The summed E-state index contributed by atoms with van der Waals surface area (Å²) in [5.74, 6) is 1.10. The molecule has 0 bridgehead atoms. The quantitative estimate of drug-likeness (QED) is 0.870. The molecule has 0 amide bonds. The van der Waals surface area contributed by atoms with Gasteiger partial charge >= 0.3 is 0 Å². The molecule has 1 fully saturated rings. The SMILES string of the molecule is CC(C)NCc1coc(CN2CCCCC2C)c1. The second-order valence-corrected chi connectivity index (χ2v) is 5.77. The van der Waals surface area contributed by atoms with Gasteiger partial charge in [-0.2, -0.15) is 0 Å². The third-order valence-corrected chi connectivity index (χ3v) is 3.72. The van der Waals surface area contributed by atoms with Crippen molar-refractivity contribution in [3.8, 4) is 0 Å². The summed E-state index contributed by atoms with van der Waals surface area (Å²) in [5, 5.41) is 3.41. The summed E-state index contributed by atoms with van der Waals surface area (Å²) in [6.07, 6.45) is 5.91. The predicted octanol–water partition coefficient (Wildman–Crippen LogP) is 3.15. The van der Waals surface area contributed by atoms with E-state index in [0.29, 0.717) is 12.1 Å². The molecule has 0 saturated carbocycles. The third-order valence-electron chi connectivity index (χ3n) is 3.72. The minimum Gasteiger partial charge on any atom is -0.468 e. The van der Waals surface area contributed by atoms with Crippen LogP contribution in [0.2, 0.25) is 0 Å². The van der Waals surface area contributed by atoms with Gasteiger partial charge in [-0.05, 0) is 32.4 Å². The molecule has 102 valence electrons. The zero-order valence-electron chi connectivity index (χ0n) is 11.9. The van der Waals surface area contributed by atoms with Crippen molar-refractivity contribution in [1.29, 1.82) is 0 Å². The molecule has 1 atom stereocenters. The molecule has 0 spiro atoms. The second kappa shape index (κ2) is 6.39. The van der Waals surface area contributed by atoms with Crippen molar-refractivity contribution < 1.29 is 4.42 Å². The van der Waals surface area contributed by atoms with Crippen molar-refractivity contribution in [2.75, 3.05) is 6.54 Å². The number of rotatable bonds is 5. The number of nitrogens with one attached hydrogen (secondary N) is 1. The first-order chi connectivity index (χ1) is 8.65. The highest BCUT2D eigenvalue weighted by Crippen LogP contribution is 2.20. The fourth-order valence-corrected chi connectivity index (χ4v) is 2.52. The minimum atomic E-state index is 0.519. The fourth-order valence-electron chi connectivity index (χ4n) is 2.52. The maximum atomic E-state index is 5.67. The normalized spacial score (nSPS) is 21.7. The van der Waals surface area contributed by atoms with Crippen molar-refractivity contribution in [2.45, 2.75) is 65.2 Å². The van der Waals surface area contributed by atoms with Crippen LogP contribution in [0.25, 0.3) is 0 Å². The molecule has 1 aromatic rings. The summed E-state index contributed by atoms with van der Waals surface area (Å²) in [6.45, 7) is 9.72. The van der Waals surface area contributed by atoms with E-state index in [1.54, 1.807) is 0 Å². The van der Waals surface area contributed by atoms with Crippen molar-refractivity contribution in [1.82, 2.24) is 10.2 Å². The van der Waals surface area contributed by atoms with Crippen LogP contribution in [0, 0.1) is 0 Å². The maximum Gasteiger partial charge on any atom is 0.118 e. The van der Waals surface area contributed by atoms with Crippen LogP contribution in [0.3, 0.4) is 0 Å². The maximum absolute atomic E-state index is 5.67. The van der Waals surface area contributed by atoms with Crippen LogP contribution in [0.1, 0.15) is 51.4 Å². The summed E-state index contributed by atoms with van der Waals surface area (Å²) in [6, 6.07) is 3.41. The number of likely N-dealkylation sites (tertiary alicyclic amines) is 1. The van der Waals surface area contributed by atoms with Gasteiger partial charge < -0.3 is 9.73 Å². The molecular weight excluding hydrogens is 224 g/mol. The van der Waals surface area contributed by atoms with Crippen molar-refractivity contribution >= 4 is 0 Å². The smallest absolute Gasteiger partial charge is 0.118 e. The molecule has 2 heterocycles. The molecule has 3 nitrogen and oxygen atoms in total. The standard InChI is InChI=1S/C15H26N2O/c1-12(2)16-9-14-8-15(18-11-14)10-17-7-5-4-6-13(17)3/h8,11-13,16H,4-7,9-10H2,1-3H3. The summed E-state index contributed by atoms with van der Waals surface area (Å²) >= 11 is 0. The predicted molar refractivity (Wildman–Crippen MR) is 74.4 cm³/mol. The highest BCUT2D eigenvalue weighted by atomic mass is 16.3. The molecule has 0 aliphatic carbocycles. The van der Waals surface area contributed by atoms with Crippen LogP contribution in [0.4, 0.5) is 0 Å². The molecule has 0 radical (unpaired) electrons. The Bertz CT molecular complexity index is 359. The molecule has 0 aromatic carbocycles. The Labute approximate surface area is 111 Å². The second-order valence-electron chi connectivity index (χ2n) is 5.77. The topological polar surface area (TPSA) is 28.4 Å². The molecule has 3 heteroatoms. The summed E-state index contributed by atoms with van der Waals surface area (Å²) in [4.78, 5) is 2.53. The lowest BCUT2D eigenvalue weighted by Gasteiger charge is -2.32. The van der Waals surface area contributed by atoms with Crippen LogP contribution in [0.15, 0.2) is 16.7 Å². The zero-order valence-corrected chi connectivity index (χ0v) is 11.9. The van der Waals surface area contributed by atoms with Crippen molar-refractivity contribution in [3.63, 3.8) is 0 Å². The van der Waals surface area contributed by atoms with Crippen LogP contribution >= 0.6 is 0 Å². The van der Waals surface area contributed by atoms with Gasteiger partial charge in [0, 0.05) is 24.2 Å². The van der Waals surface area contributed by atoms with E-state index in [0.717, 1.165) is 18.8 Å². The average Bonchev–Trinajstić information content (AvgIpc) is 2.77. The van der Waals surface area contributed by atoms with E-state index in [4.69, 9.17) is 4.42 Å². The van der Waals surface area contributed by atoms with E-state index in [1.165, 1.54) is 31.4 Å². The molecule has 1 aliphatic rings. The summed E-state index contributed by atoms with van der Waals surface area (Å²) in [5.41, 5.74) is 1.25. The molecule has 18 heavy (non-hydrogen) atoms. The summed E-state index contributed by atoms with van der Waals surface area (Å²) < 4.78 is 5.67. The van der Waals surface area contributed by atoms with Gasteiger partial charge in [-0.25, -0.2) is 0 Å². The number of nitrogens with zero attached hydrogens (tertiary/aromatic N) is 1. The molecule has 2 rings (SSSR count). The molecule has 1 aromatic heterocycles. The van der Waals surface area contributed by atoms with E-state index in [2.05, 4.69) is 37.1 Å². The van der Waals surface area contributed by atoms with Gasteiger partial charge in [0.2, 0.25) is 0 Å². The van der Waals surface area contributed by atoms with Gasteiger partial charge in [0.05, 0.1) is 12.8 Å². The first-order valence-electron chi connectivity index (χ1n) is 7.19. The van der Waals surface area contributed by atoms with E-state index in [1.807, 2.05) is 6.26 Å². The minimum absolute atomic E-state index is 0.519. The lowest BCUT2D eigenvalue weighted by atomic mass is 10.0. The zero-order chi connectivity index (χ0) is 13.0. The van der Waals surface area contributed by atoms with Gasteiger partial charge in [-0.15, -0.1) is 0 Å². The highest BCUT2D eigenvalue weighted by Gasteiger charge is 2.19. The van der Waals surface area contributed by atoms with E-state index in [9.17, 15) is 0 Å². The Morgan fingerprint density at radius 1 is 1.44 bits per heavy atom. The first-order valence-corrected chi connectivity index (χ1v) is 7.19.